The van der Waals surface area contributed by atoms with Crippen LogP contribution in [0.25, 0.3) is 33.6 Å². The molecule has 0 spiro atoms. The summed E-state index contributed by atoms with van der Waals surface area (Å²) < 4.78 is 4.84. The van der Waals surface area contributed by atoms with Gasteiger partial charge in [0.15, 0.2) is 0 Å². The van der Waals surface area contributed by atoms with Crippen molar-refractivity contribution in [3.8, 4) is 33.6 Å². The minimum absolute atomic E-state index is 0.00469. The second-order valence-corrected chi connectivity index (χ2v) is 15.5. The third-order valence-corrected chi connectivity index (χ3v) is 11.7. The van der Waals surface area contributed by atoms with Gasteiger partial charge in [-0.3, -0.25) is 9.59 Å². The maximum absolute atomic E-state index is 13.7. The molecule has 3 amide bonds. The number of methoxy groups -OCH3 is 1. The Labute approximate surface area is 360 Å². The van der Waals surface area contributed by atoms with Crippen LogP contribution in [-0.4, -0.2) is 81.4 Å². The average Bonchev–Trinajstić information content (AvgIpc) is 4.17. The van der Waals surface area contributed by atoms with E-state index < -0.39 is 18.2 Å². The van der Waals surface area contributed by atoms with Crippen LogP contribution in [0.3, 0.4) is 0 Å². The number of carbonyl (C=O) groups is 3. The van der Waals surface area contributed by atoms with Gasteiger partial charge in [0.2, 0.25) is 18.2 Å². The number of likely N-dealkylation sites (tertiary alicyclic amines) is 2. The van der Waals surface area contributed by atoms with Gasteiger partial charge in [0.05, 0.1) is 75.0 Å². The quantitative estimate of drug-likeness (QED) is 0.0400. The van der Waals surface area contributed by atoms with Crippen LogP contribution in [0.4, 0.5) is 4.79 Å². The Balaban J connectivity index is 0.893. The van der Waals surface area contributed by atoms with E-state index in [0.29, 0.717) is 13.1 Å². The van der Waals surface area contributed by atoms with E-state index in [1.807, 2.05) is 82.9 Å². The molecule has 0 aliphatic carbocycles. The molecular formula is C48H50N8O6. The number of hydrogen-bond donors (Lipinski definition) is 3. The second-order valence-electron chi connectivity index (χ2n) is 15.5. The fraction of sp³-hybridized carbons (Fsp3) is 0.292. The van der Waals surface area contributed by atoms with Gasteiger partial charge in [-0.05, 0) is 59.1 Å². The highest BCUT2D eigenvalue weighted by Gasteiger charge is 2.35. The number of imidazole rings is 2. The van der Waals surface area contributed by atoms with Crippen molar-refractivity contribution in [1.29, 1.82) is 0 Å². The molecule has 0 radical (unpaired) electrons. The number of nitrogens with one attached hydrogen (secondary N) is 3. The largest absolute Gasteiger partial charge is 0.453 e. The van der Waals surface area contributed by atoms with E-state index in [2.05, 4.69) is 73.7 Å². The molecule has 4 heterocycles. The Morgan fingerprint density at radius 3 is 1.68 bits per heavy atom. The maximum atomic E-state index is 13.7. The van der Waals surface area contributed by atoms with Crippen molar-refractivity contribution < 1.29 is 28.9 Å². The summed E-state index contributed by atoms with van der Waals surface area (Å²) in [5.41, 5.74) is 7.63. The number of aliphatic imine (C=N–C) groups is 1. The highest BCUT2D eigenvalue weighted by atomic mass is 17.2. The number of nitrogens with zero attached hydrogens (tertiary/aromatic N) is 5. The first-order chi connectivity index (χ1) is 30.4. The number of H-pyrrole nitrogens is 2. The van der Waals surface area contributed by atoms with E-state index in [9.17, 15) is 14.4 Å². The zero-order chi connectivity index (χ0) is 42.8. The number of carbonyl (C=O) groups excluding carboxylic acids is 3. The molecule has 8 rings (SSSR count). The molecule has 0 unspecified atom stereocenters. The average molecular weight is 835 g/mol. The number of aromatic nitrogens is 4. The Morgan fingerprint density at radius 1 is 0.694 bits per heavy atom. The van der Waals surface area contributed by atoms with Crippen LogP contribution in [0, 0.1) is 0 Å². The monoisotopic (exact) mass is 834 g/mol. The Hall–Kier alpha value is -7.06. The molecule has 4 aromatic carbocycles. The lowest BCUT2D eigenvalue weighted by molar-refractivity contribution is -0.188. The normalized spacial score (nSPS) is 17.3. The van der Waals surface area contributed by atoms with Gasteiger partial charge in [-0.1, -0.05) is 109 Å². The van der Waals surface area contributed by atoms with Crippen LogP contribution >= 0.6 is 0 Å². The first-order valence-electron chi connectivity index (χ1n) is 20.9. The molecule has 4 atom stereocenters. The Morgan fingerprint density at radius 2 is 1.18 bits per heavy atom. The first-order valence-corrected chi connectivity index (χ1v) is 20.9. The summed E-state index contributed by atoms with van der Waals surface area (Å²) in [7, 11) is 2.72. The van der Waals surface area contributed by atoms with Gasteiger partial charge in [0, 0.05) is 13.1 Å². The highest BCUT2D eigenvalue weighted by molar-refractivity contribution is 5.79. The fourth-order valence-electron chi connectivity index (χ4n) is 8.48. The van der Waals surface area contributed by atoms with Crippen molar-refractivity contribution >= 4 is 24.3 Å². The number of alkyl carbamates (subject to hydrolysis) is 1. The van der Waals surface area contributed by atoms with Gasteiger partial charge in [0.25, 0.3) is 0 Å². The van der Waals surface area contributed by atoms with E-state index in [0.717, 1.165) is 82.1 Å². The molecule has 14 nitrogen and oxygen atoms in total. The highest BCUT2D eigenvalue weighted by Crippen LogP contribution is 2.36. The van der Waals surface area contributed by atoms with Crippen LogP contribution < -0.4 is 5.32 Å². The molecular weight excluding hydrogens is 785 g/mol. The van der Waals surface area contributed by atoms with Crippen molar-refractivity contribution in [2.75, 3.05) is 27.3 Å². The van der Waals surface area contributed by atoms with Crippen molar-refractivity contribution in [2.45, 2.75) is 62.7 Å². The number of benzene rings is 4. The Kier molecular flexibility index (Phi) is 13.1. The summed E-state index contributed by atoms with van der Waals surface area (Å²) in [4.78, 5) is 73.7. The van der Waals surface area contributed by atoms with Crippen LogP contribution in [0.1, 0.15) is 85.5 Å². The zero-order valence-corrected chi connectivity index (χ0v) is 34.8. The number of aromatic amines is 2. The summed E-state index contributed by atoms with van der Waals surface area (Å²) in [5, 5.41) is 2.82. The van der Waals surface area contributed by atoms with Crippen LogP contribution in [0.15, 0.2) is 127 Å². The summed E-state index contributed by atoms with van der Waals surface area (Å²) in [6.07, 6.45) is 7.99. The van der Waals surface area contributed by atoms with E-state index >= 15 is 0 Å². The van der Waals surface area contributed by atoms with Gasteiger partial charge in [-0.2, -0.15) is 4.89 Å². The predicted molar refractivity (Wildman–Crippen MR) is 234 cm³/mol. The van der Waals surface area contributed by atoms with E-state index in [-0.39, 0.29) is 36.7 Å². The molecule has 3 N–H and O–H groups in total. The van der Waals surface area contributed by atoms with Gasteiger partial charge in [0.1, 0.15) is 11.6 Å². The van der Waals surface area contributed by atoms with Crippen molar-refractivity contribution in [1.82, 2.24) is 35.1 Å². The number of ether oxygens (including phenoxy) is 1. The standard InChI is InChI=1S/C48H50N8O6/c1-60-48(59)54-39(35-13-7-4-8-14-35)28-45(58)56-26-10-16-43(56)47-50-30-41(53-47)37-23-19-33(20-24-37)32-17-21-36(22-18-32)40-29-49-46(52-40)42-15-9-25-55(42)44(57)27-38(51-31-62-61-2)34-11-5-3-6-12-34/h3-8,11-14,17-24,29-31,38-39,42-43H,9-10,15-16,25-28H2,1-2H3,(H,49,52)(H,50,53)(H,54,59)/b51-31-/t38-,39-,42+,43+/m1/s1. The van der Waals surface area contributed by atoms with Gasteiger partial charge >= 0.3 is 6.09 Å². The smallest absolute Gasteiger partial charge is 0.407 e. The van der Waals surface area contributed by atoms with Crippen molar-refractivity contribution in [3.63, 3.8) is 0 Å². The molecule has 318 valence electrons. The molecule has 0 saturated carbocycles. The molecule has 2 saturated heterocycles. The van der Waals surface area contributed by atoms with E-state index in [1.54, 1.807) is 0 Å². The zero-order valence-electron chi connectivity index (χ0n) is 34.8. The summed E-state index contributed by atoms with van der Waals surface area (Å²) in [6, 6.07) is 34.6. The molecule has 2 aliphatic heterocycles. The third kappa shape index (κ3) is 9.60. The molecule has 2 fully saturated rings. The number of hydrogen-bond acceptors (Lipinski definition) is 9. The third-order valence-electron chi connectivity index (χ3n) is 11.7. The molecule has 2 aromatic heterocycles. The number of amides is 3. The first kappa shape index (κ1) is 41.7. The minimum Gasteiger partial charge on any atom is -0.453 e. The SMILES string of the molecule is COO/C=N\[C@H](CC(=O)N1CCC[C@H]1c1ncc(-c2ccc(-c3ccc(-c4cnc([C@@H]5CCCN5C(=O)C[C@@H](NC(=O)OC)c5ccccc5)[nH]4)cc3)cc2)[nH]1)c1ccccc1. The van der Waals surface area contributed by atoms with E-state index in [4.69, 9.17) is 19.6 Å². The lowest BCUT2D eigenvalue weighted by Crippen LogP contribution is -2.36. The minimum atomic E-state index is -0.582. The summed E-state index contributed by atoms with van der Waals surface area (Å²) in [6.45, 7) is 1.27. The fourth-order valence-corrected chi connectivity index (χ4v) is 8.48. The topological polar surface area (TPSA) is 167 Å². The lowest BCUT2D eigenvalue weighted by atomic mass is 10.0. The van der Waals surface area contributed by atoms with Crippen molar-refractivity contribution in [3.05, 3.63) is 144 Å². The Bertz CT molecular complexity index is 2450. The van der Waals surface area contributed by atoms with Crippen molar-refractivity contribution in [2.24, 2.45) is 4.99 Å². The lowest BCUT2D eigenvalue weighted by Gasteiger charge is -2.26. The van der Waals surface area contributed by atoms with Gasteiger partial charge < -0.3 is 34.7 Å². The molecule has 2 aliphatic rings. The molecule has 6 aromatic rings. The predicted octanol–water partition coefficient (Wildman–Crippen LogP) is 8.69. The van der Waals surface area contributed by atoms with Crippen LogP contribution in [0.5, 0.6) is 0 Å². The second kappa shape index (κ2) is 19.5. The molecule has 14 heteroatoms. The summed E-state index contributed by atoms with van der Waals surface area (Å²) >= 11 is 0. The van der Waals surface area contributed by atoms with Gasteiger partial charge in [-0.15, -0.1) is 0 Å². The maximum Gasteiger partial charge on any atom is 0.407 e. The van der Waals surface area contributed by atoms with Crippen LogP contribution in [-0.2, 0) is 24.1 Å². The molecule has 62 heavy (non-hydrogen) atoms. The van der Waals surface area contributed by atoms with Gasteiger partial charge in [-0.25, -0.2) is 19.8 Å². The van der Waals surface area contributed by atoms with Crippen LogP contribution in [0.2, 0.25) is 0 Å². The number of rotatable bonds is 15. The summed E-state index contributed by atoms with van der Waals surface area (Å²) in [5.74, 6) is 1.46. The van der Waals surface area contributed by atoms with E-state index in [1.165, 1.54) is 20.6 Å². The molecule has 0 bridgehead atoms.